The van der Waals surface area contributed by atoms with Gasteiger partial charge in [0.15, 0.2) is 0 Å². The van der Waals surface area contributed by atoms with Gasteiger partial charge < -0.3 is 0 Å². The summed E-state index contributed by atoms with van der Waals surface area (Å²) in [5, 5.41) is 0. The van der Waals surface area contributed by atoms with Gasteiger partial charge in [-0.15, -0.1) is 0 Å². The molecule has 0 saturated heterocycles. The van der Waals surface area contributed by atoms with Gasteiger partial charge in [-0.3, -0.25) is 0 Å². The molecule has 3 rings (SSSR count). The van der Waals surface area contributed by atoms with Gasteiger partial charge in [0.1, 0.15) is 0 Å². The SMILES string of the molecule is O=S(c1ccccc1)c1ccc(C2CCCCC2)cc1. The molecule has 20 heavy (non-hydrogen) atoms. The Labute approximate surface area is 123 Å². The predicted octanol–water partition coefficient (Wildman–Crippen LogP) is 4.90. The van der Waals surface area contributed by atoms with E-state index in [-0.39, 0.29) is 0 Å². The van der Waals surface area contributed by atoms with Crippen LogP contribution in [0.15, 0.2) is 64.4 Å². The van der Waals surface area contributed by atoms with E-state index in [0.717, 1.165) is 9.79 Å². The molecule has 0 spiro atoms. The fraction of sp³-hybridized carbons (Fsp3) is 0.333. The van der Waals surface area contributed by atoms with Crippen LogP contribution in [0.1, 0.15) is 43.6 Å². The van der Waals surface area contributed by atoms with Gasteiger partial charge in [-0.25, -0.2) is 4.21 Å². The van der Waals surface area contributed by atoms with Crippen molar-refractivity contribution < 1.29 is 4.21 Å². The van der Waals surface area contributed by atoms with E-state index in [9.17, 15) is 4.21 Å². The smallest absolute Gasteiger partial charge is 0.0849 e. The van der Waals surface area contributed by atoms with Crippen LogP contribution in [0.2, 0.25) is 0 Å². The van der Waals surface area contributed by atoms with Gasteiger partial charge in [-0.2, -0.15) is 0 Å². The summed E-state index contributed by atoms with van der Waals surface area (Å²) in [7, 11) is -1.06. The second-order valence-corrected chi connectivity index (χ2v) is 6.97. The zero-order chi connectivity index (χ0) is 13.8. The molecule has 1 aliphatic rings. The third-order valence-electron chi connectivity index (χ3n) is 4.13. The molecular formula is C18H20OS. The van der Waals surface area contributed by atoms with Crippen molar-refractivity contribution in [3.63, 3.8) is 0 Å². The first kappa shape index (κ1) is 13.6. The molecule has 1 saturated carbocycles. The number of rotatable bonds is 3. The fourth-order valence-corrected chi connectivity index (χ4v) is 4.04. The molecule has 0 bridgehead atoms. The highest BCUT2D eigenvalue weighted by Crippen LogP contribution is 2.33. The van der Waals surface area contributed by atoms with Crippen molar-refractivity contribution in [1.82, 2.24) is 0 Å². The normalized spacial score (nSPS) is 17.8. The lowest BCUT2D eigenvalue weighted by Gasteiger charge is -2.22. The largest absolute Gasteiger partial charge is 0.249 e. The van der Waals surface area contributed by atoms with Gasteiger partial charge in [0.2, 0.25) is 0 Å². The van der Waals surface area contributed by atoms with E-state index in [4.69, 9.17) is 0 Å². The second-order valence-electron chi connectivity index (χ2n) is 5.49. The zero-order valence-corrected chi connectivity index (χ0v) is 12.4. The predicted molar refractivity (Wildman–Crippen MR) is 83.4 cm³/mol. The minimum absolute atomic E-state index is 0.711. The summed E-state index contributed by atoms with van der Waals surface area (Å²) in [4.78, 5) is 1.77. The molecule has 0 N–H and O–H groups in total. The molecule has 2 aromatic rings. The quantitative estimate of drug-likeness (QED) is 0.783. The summed E-state index contributed by atoms with van der Waals surface area (Å²) < 4.78 is 12.4. The lowest BCUT2D eigenvalue weighted by Crippen LogP contribution is -2.04. The van der Waals surface area contributed by atoms with Crippen LogP contribution in [0.4, 0.5) is 0 Å². The van der Waals surface area contributed by atoms with Gasteiger partial charge in [0.05, 0.1) is 10.8 Å². The summed E-state index contributed by atoms with van der Waals surface area (Å²) in [5.74, 6) is 0.711. The summed E-state index contributed by atoms with van der Waals surface area (Å²) in [5.41, 5.74) is 1.42. The average molecular weight is 284 g/mol. The van der Waals surface area contributed by atoms with Crippen LogP contribution in [0, 0.1) is 0 Å². The summed E-state index contributed by atoms with van der Waals surface area (Å²) in [6.07, 6.45) is 6.69. The van der Waals surface area contributed by atoms with Gasteiger partial charge in [0.25, 0.3) is 0 Å². The van der Waals surface area contributed by atoms with Crippen LogP contribution < -0.4 is 0 Å². The van der Waals surface area contributed by atoms with Crippen LogP contribution in [-0.4, -0.2) is 4.21 Å². The molecule has 1 aliphatic carbocycles. The zero-order valence-electron chi connectivity index (χ0n) is 11.6. The van der Waals surface area contributed by atoms with E-state index in [1.807, 2.05) is 42.5 Å². The highest BCUT2D eigenvalue weighted by Gasteiger charge is 2.15. The average Bonchev–Trinajstić information content (AvgIpc) is 2.56. The third kappa shape index (κ3) is 3.01. The molecule has 1 atom stereocenters. The van der Waals surface area contributed by atoms with Crippen molar-refractivity contribution in [2.45, 2.75) is 47.8 Å². The van der Waals surface area contributed by atoms with Crippen LogP contribution in [-0.2, 0) is 10.8 Å². The molecule has 104 valence electrons. The first-order valence-corrected chi connectivity index (χ1v) is 8.56. The van der Waals surface area contributed by atoms with Crippen LogP contribution in [0.5, 0.6) is 0 Å². The van der Waals surface area contributed by atoms with Crippen molar-refractivity contribution in [2.75, 3.05) is 0 Å². The van der Waals surface area contributed by atoms with Gasteiger partial charge in [0, 0.05) is 9.79 Å². The Balaban J connectivity index is 1.77. The van der Waals surface area contributed by atoms with E-state index < -0.39 is 10.8 Å². The van der Waals surface area contributed by atoms with E-state index in [1.54, 1.807) is 0 Å². The molecule has 0 amide bonds. The number of benzene rings is 2. The van der Waals surface area contributed by atoms with Crippen molar-refractivity contribution in [1.29, 1.82) is 0 Å². The van der Waals surface area contributed by atoms with Gasteiger partial charge >= 0.3 is 0 Å². The summed E-state index contributed by atoms with van der Waals surface area (Å²) in [6.45, 7) is 0. The standard InChI is InChI=1S/C18H20OS/c19-20(17-9-5-2-6-10-17)18-13-11-16(12-14-18)15-7-3-1-4-8-15/h2,5-6,9-15H,1,3-4,7-8H2. The van der Waals surface area contributed by atoms with E-state index in [0.29, 0.717) is 5.92 Å². The maximum atomic E-state index is 12.4. The minimum atomic E-state index is -1.06. The fourth-order valence-electron chi connectivity index (χ4n) is 2.98. The first-order chi connectivity index (χ1) is 9.84. The molecule has 0 aliphatic heterocycles. The Kier molecular flexibility index (Phi) is 4.31. The number of hydrogen-bond acceptors (Lipinski definition) is 1. The van der Waals surface area contributed by atoms with Crippen LogP contribution >= 0.6 is 0 Å². The Bertz CT molecular complexity index is 568. The Morgan fingerprint density at radius 3 is 2.00 bits per heavy atom. The maximum Gasteiger partial charge on any atom is 0.0849 e. The highest BCUT2D eigenvalue weighted by atomic mass is 32.2. The lowest BCUT2D eigenvalue weighted by atomic mass is 9.84. The number of hydrogen-bond donors (Lipinski definition) is 0. The molecule has 0 radical (unpaired) electrons. The van der Waals surface area contributed by atoms with Crippen molar-refractivity contribution >= 4 is 10.8 Å². The third-order valence-corrected chi connectivity index (χ3v) is 5.53. The Hall–Kier alpha value is -1.41. The highest BCUT2D eigenvalue weighted by molar-refractivity contribution is 7.85. The summed E-state index contributed by atoms with van der Waals surface area (Å²) in [6, 6.07) is 18.1. The second kappa shape index (κ2) is 6.36. The van der Waals surface area contributed by atoms with Crippen LogP contribution in [0.25, 0.3) is 0 Å². The molecule has 1 fully saturated rings. The van der Waals surface area contributed by atoms with Gasteiger partial charge in [-0.05, 0) is 48.6 Å². The molecular weight excluding hydrogens is 264 g/mol. The van der Waals surface area contributed by atoms with E-state index in [2.05, 4.69) is 12.1 Å². The molecule has 0 heterocycles. The monoisotopic (exact) mass is 284 g/mol. The van der Waals surface area contributed by atoms with E-state index >= 15 is 0 Å². The first-order valence-electron chi connectivity index (χ1n) is 7.41. The molecule has 2 heteroatoms. The summed E-state index contributed by atoms with van der Waals surface area (Å²) >= 11 is 0. The lowest BCUT2D eigenvalue weighted by molar-refractivity contribution is 0.443. The Morgan fingerprint density at radius 1 is 0.750 bits per heavy atom. The molecule has 0 aromatic heterocycles. The van der Waals surface area contributed by atoms with Crippen LogP contribution in [0.3, 0.4) is 0 Å². The molecule has 1 nitrogen and oxygen atoms in total. The van der Waals surface area contributed by atoms with Crippen molar-refractivity contribution in [2.24, 2.45) is 0 Å². The minimum Gasteiger partial charge on any atom is -0.249 e. The van der Waals surface area contributed by atoms with Gasteiger partial charge in [-0.1, -0.05) is 49.6 Å². The van der Waals surface area contributed by atoms with E-state index in [1.165, 1.54) is 37.7 Å². The van der Waals surface area contributed by atoms with Crippen molar-refractivity contribution in [3.05, 3.63) is 60.2 Å². The van der Waals surface area contributed by atoms with Crippen molar-refractivity contribution in [3.8, 4) is 0 Å². The maximum absolute atomic E-state index is 12.4. The topological polar surface area (TPSA) is 17.1 Å². The molecule has 1 unspecified atom stereocenters. The Morgan fingerprint density at radius 2 is 1.35 bits per heavy atom. The molecule has 2 aromatic carbocycles.